The first-order chi connectivity index (χ1) is 9.03. The number of ether oxygens (including phenoxy) is 1. The van der Waals surface area contributed by atoms with E-state index in [1.807, 2.05) is 24.3 Å². The summed E-state index contributed by atoms with van der Waals surface area (Å²) in [5.74, 6) is 1.26. The molecule has 2 rings (SSSR count). The van der Waals surface area contributed by atoms with Crippen LogP contribution in [0, 0.1) is 0 Å². The largest absolute Gasteiger partial charge is 0.468 e. The number of rotatable bonds is 5. The number of aromatic nitrogens is 2. The molecule has 0 saturated carbocycles. The van der Waals surface area contributed by atoms with Gasteiger partial charge in [-0.15, -0.1) is 5.10 Å². The number of nitrogens with one attached hydrogen (secondary N) is 1. The molecule has 0 amide bonds. The molecule has 0 atom stereocenters. The van der Waals surface area contributed by atoms with Crippen molar-refractivity contribution in [2.75, 3.05) is 0 Å². The SMILES string of the molecule is CC(C)(C)NCc1ccc(OCc2ccco2)nn1. The van der Waals surface area contributed by atoms with Gasteiger partial charge in [-0.2, -0.15) is 5.10 Å². The van der Waals surface area contributed by atoms with Crippen LogP contribution in [0.1, 0.15) is 32.2 Å². The van der Waals surface area contributed by atoms with Crippen molar-refractivity contribution in [3.05, 3.63) is 42.0 Å². The van der Waals surface area contributed by atoms with Crippen molar-refractivity contribution in [1.29, 1.82) is 0 Å². The molecule has 0 spiro atoms. The Morgan fingerprint density at radius 1 is 1.21 bits per heavy atom. The maximum Gasteiger partial charge on any atom is 0.233 e. The van der Waals surface area contributed by atoms with Gasteiger partial charge in [0.05, 0.1) is 12.0 Å². The lowest BCUT2D eigenvalue weighted by Gasteiger charge is -2.19. The third-order valence-electron chi connectivity index (χ3n) is 2.44. The molecule has 0 aliphatic carbocycles. The minimum atomic E-state index is 0.0656. The van der Waals surface area contributed by atoms with Crippen molar-refractivity contribution in [3.63, 3.8) is 0 Å². The quantitative estimate of drug-likeness (QED) is 0.896. The van der Waals surface area contributed by atoms with Gasteiger partial charge in [0, 0.05) is 18.2 Å². The molecule has 0 unspecified atom stereocenters. The van der Waals surface area contributed by atoms with Crippen LogP contribution in [-0.2, 0) is 13.2 Å². The van der Waals surface area contributed by atoms with E-state index in [0.29, 0.717) is 19.0 Å². The van der Waals surface area contributed by atoms with E-state index in [-0.39, 0.29) is 5.54 Å². The Bertz CT molecular complexity index is 486. The van der Waals surface area contributed by atoms with E-state index >= 15 is 0 Å². The average molecular weight is 261 g/mol. The van der Waals surface area contributed by atoms with E-state index < -0.39 is 0 Å². The number of hydrogen-bond donors (Lipinski definition) is 1. The summed E-state index contributed by atoms with van der Waals surface area (Å²) in [6.45, 7) is 7.39. The highest BCUT2D eigenvalue weighted by atomic mass is 16.5. The number of furan rings is 1. The molecule has 0 saturated heterocycles. The Morgan fingerprint density at radius 2 is 2.05 bits per heavy atom. The molecule has 0 aliphatic heterocycles. The summed E-state index contributed by atoms with van der Waals surface area (Å²) in [5, 5.41) is 11.5. The predicted octanol–water partition coefficient (Wildman–Crippen LogP) is 2.54. The fourth-order valence-corrected chi connectivity index (χ4v) is 1.41. The lowest BCUT2D eigenvalue weighted by molar-refractivity contribution is 0.257. The molecular weight excluding hydrogens is 242 g/mol. The molecule has 2 aromatic heterocycles. The summed E-state index contributed by atoms with van der Waals surface area (Å²) in [6, 6.07) is 7.40. The second kappa shape index (κ2) is 5.84. The molecule has 0 fully saturated rings. The predicted molar refractivity (Wildman–Crippen MR) is 71.7 cm³/mol. The van der Waals surface area contributed by atoms with Crippen LogP contribution >= 0.6 is 0 Å². The topological polar surface area (TPSA) is 60.2 Å². The van der Waals surface area contributed by atoms with Gasteiger partial charge in [0.2, 0.25) is 5.88 Å². The van der Waals surface area contributed by atoms with E-state index in [1.165, 1.54) is 0 Å². The summed E-state index contributed by atoms with van der Waals surface area (Å²) in [7, 11) is 0. The Hall–Kier alpha value is -1.88. The highest BCUT2D eigenvalue weighted by Gasteiger charge is 2.09. The molecule has 5 nitrogen and oxygen atoms in total. The summed E-state index contributed by atoms with van der Waals surface area (Å²) in [5.41, 5.74) is 0.955. The molecule has 0 radical (unpaired) electrons. The first-order valence-electron chi connectivity index (χ1n) is 6.26. The Labute approximate surface area is 113 Å². The molecule has 102 valence electrons. The van der Waals surface area contributed by atoms with Crippen molar-refractivity contribution in [1.82, 2.24) is 15.5 Å². The summed E-state index contributed by atoms with van der Waals surface area (Å²) >= 11 is 0. The van der Waals surface area contributed by atoms with Gasteiger partial charge in [0.25, 0.3) is 0 Å². The molecule has 5 heteroatoms. The van der Waals surface area contributed by atoms with Gasteiger partial charge in [-0.1, -0.05) is 0 Å². The van der Waals surface area contributed by atoms with Crippen LogP contribution in [0.25, 0.3) is 0 Å². The van der Waals surface area contributed by atoms with Crippen molar-refractivity contribution in [3.8, 4) is 5.88 Å². The van der Waals surface area contributed by atoms with Crippen LogP contribution in [0.3, 0.4) is 0 Å². The molecule has 1 N–H and O–H groups in total. The highest BCUT2D eigenvalue weighted by molar-refractivity contribution is 5.12. The fourth-order valence-electron chi connectivity index (χ4n) is 1.41. The second-order valence-electron chi connectivity index (χ2n) is 5.33. The highest BCUT2D eigenvalue weighted by Crippen LogP contribution is 2.09. The van der Waals surface area contributed by atoms with E-state index in [9.17, 15) is 0 Å². The average Bonchev–Trinajstić information content (AvgIpc) is 2.87. The summed E-state index contributed by atoms with van der Waals surface area (Å²) in [6.07, 6.45) is 1.62. The van der Waals surface area contributed by atoms with E-state index in [4.69, 9.17) is 9.15 Å². The first kappa shape index (κ1) is 13.5. The third kappa shape index (κ3) is 4.71. The number of hydrogen-bond acceptors (Lipinski definition) is 5. The minimum Gasteiger partial charge on any atom is -0.468 e. The normalized spacial score (nSPS) is 11.5. The maximum atomic E-state index is 5.46. The molecule has 2 aromatic rings. The zero-order valence-electron chi connectivity index (χ0n) is 11.5. The second-order valence-corrected chi connectivity index (χ2v) is 5.33. The van der Waals surface area contributed by atoms with E-state index in [1.54, 1.807) is 6.26 Å². The van der Waals surface area contributed by atoms with E-state index in [2.05, 4.69) is 36.3 Å². The van der Waals surface area contributed by atoms with Crippen LogP contribution in [-0.4, -0.2) is 15.7 Å². The summed E-state index contributed by atoms with van der Waals surface area (Å²) < 4.78 is 10.6. The summed E-state index contributed by atoms with van der Waals surface area (Å²) in [4.78, 5) is 0. The molecule has 2 heterocycles. The Morgan fingerprint density at radius 3 is 2.63 bits per heavy atom. The molecule has 0 aromatic carbocycles. The van der Waals surface area contributed by atoms with Gasteiger partial charge in [0.1, 0.15) is 12.4 Å². The van der Waals surface area contributed by atoms with Crippen LogP contribution in [0.5, 0.6) is 5.88 Å². The van der Waals surface area contributed by atoms with Gasteiger partial charge < -0.3 is 14.5 Å². The smallest absolute Gasteiger partial charge is 0.233 e. The zero-order chi connectivity index (χ0) is 13.7. The first-order valence-corrected chi connectivity index (χ1v) is 6.26. The van der Waals surface area contributed by atoms with Crippen molar-refractivity contribution >= 4 is 0 Å². The Balaban J connectivity index is 1.84. The minimum absolute atomic E-state index is 0.0656. The molecule has 0 aliphatic rings. The van der Waals surface area contributed by atoms with Crippen LogP contribution in [0.4, 0.5) is 0 Å². The van der Waals surface area contributed by atoms with E-state index in [0.717, 1.165) is 11.5 Å². The van der Waals surface area contributed by atoms with Crippen LogP contribution in [0.2, 0.25) is 0 Å². The van der Waals surface area contributed by atoms with Gasteiger partial charge in [-0.3, -0.25) is 0 Å². The fraction of sp³-hybridized carbons (Fsp3) is 0.429. The lowest BCUT2D eigenvalue weighted by atomic mass is 10.1. The number of nitrogens with zero attached hydrogens (tertiary/aromatic N) is 2. The van der Waals surface area contributed by atoms with Crippen LogP contribution in [0.15, 0.2) is 34.9 Å². The lowest BCUT2D eigenvalue weighted by Crippen LogP contribution is -2.35. The molecule has 0 bridgehead atoms. The standard InChI is InChI=1S/C14H19N3O2/c1-14(2,3)15-9-11-6-7-13(17-16-11)19-10-12-5-4-8-18-12/h4-8,15H,9-10H2,1-3H3. The molecular formula is C14H19N3O2. The van der Waals surface area contributed by atoms with Crippen LogP contribution < -0.4 is 10.1 Å². The van der Waals surface area contributed by atoms with Gasteiger partial charge in [-0.25, -0.2) is 0 Å². The monoisotopic (exact) mass is 261 g/mol. The Kier molecular flexibility index (Phi) is 4.16. The maximum absolute atomic E-state index is 5.46. The zero-order valence-corrected chi connectivity index (χ0v) is 11.5. The third-order valence-corrected chi connectivity index (χ3v) is 2.44. The van der Waals surface area contributed by atoms with Gasteiger partial charge in [-0.05, 0) is 39.0 Å². The van der Waals surface area contributed by atoms with Crippen molar-refractivity contribution in [2.45, 2.75) is 39.5 Å². The van der Waals surface area contributed by atoms with Gasteiger partial charge >= 0.3 is 0 Å². The van der Waals surface area contributed by atoms with Crippen molar-refractivity contribution < 1.29 is 9.15 Å². The van der Waals surface area contributed by atoms with Crippen molar-refractivity contribution in [2.24, 2.45) is 0 Å². The molecule has 19 heavy (non-hydrogen) atoms. The van der Waals surface area contributed by atoms with Gasteiger partial charge in [0.15, 0.2) is 0 Å².